The van der Waals surface area contributed by atoms with E-state index in [9.17, 15) is 19.3 Å². The molecule has 6 nitrogen and oxygen atoms in total. The van der Waals surface area contributed by atoms with E-state index in [2.05, 4.69) is 5.32 Å². The Morgan fingerprint density at radius 3 is 2.57 bits per heavy atom. The first-order chi connectivity index (χ1) is 9.88. The molecule has 0 unspecified atom stereocenters. The number of halogens is 2. The van der Waals surface area contributed by atoms with Crippen molar-refractivity contribution in [3.05, 3.63) is 62.9 Å². The minimum Gasteiger partial charge on any atom is -0.393 e. The van der Waals surface area contributed by atoms with Crippen LogP contribution in [0, 0.1) is 15.9 Å². The molecule has 0 heterocycles. The third-order valence-electron chi connectivity index (χ3n) is 2.67. The lowest BCUT2D eigenvalue weighted by atomic mass is 10.1. The van der Waals surface area contributed by atoms with Crippen LogP contribution in [0.2, 0.25) is 5.02 Å². The van der Waals surface area contributed by atoms with Gasteiger partial charge in [-0.05, 0) is 30.3 Å². The SMILES string of the molecule is Nc1cc(C(=O)Nc2ccc(F)cc2Cl)ccc1[N+](=O)[O-]. The van der Waals surface area contributed by atoms with E-state index >= 15 is 0 Å². The summed E-state index contributed by atoms with van der Waals surface area (Å²) in [4.78, 5) is 22.0. The number of nitrogen functional groups attached to an aromatic ring is 1. The molecule has 0 bridgehead atoms. The van der Waals surface area contributed by atoms with Crippen LogP contribution in [0.3, 0.4) is 0 Å². The van der Waals surface area contributed by atoms with Gasteiger partial charge in [-0.1, -0.05) is 11.6 Å². The first-order valence-corrected chi connectivity index (χ1v) is 6.06. The highest BCUT2D eigenvalue weighted by Gasteiger charge is 2.15. The van der Waals surface area contributed by atoms with Crippen molar-refractivity contribution in [3.63, 3.8) is 0 Å². The van der Waals surface area contributed by atoms with E-state index in [0.29, 0.717) is 0 Å². The Hall–Kier alpha value is -2.67. The third kappa shape index (κ3) is 3.26. The maximum atomic E-state index is 12.9. The van der Waals surface area contributed by atoms with Gasteiger partial charge in [-0.15, -0.1) is 0 Å². The van der Waals surface area contributed by atoms with E-state index in [-0.39, 0.29) is 27.6 Å². The van der Waals surface area contributed by atoms with Gasteiger partial charge in [0, 0.05) is 11.6 Å². The quantitative estimate of drug-likeness (QED) is 0.516. The third-order valence-corrected chi connectivity index (χ3v) is 2.98. The summed E-state index contributed by atoms with van der Waals surface area (Å²) in [6, 6.07) is 7.10. The molecule has 0 saturated heterocycles. The molecule has 21 heavy (non-hydrogen) atoms. The fourth-order valence-electron chi connectivity index (χ4n) is 1.65. The average molecular weight is 310 g/mol. The Morgan fingerprint density at radius 2 is 2.00 bits per heavy atom. The van der Waals surface area contributed by atoms with Crippen LogP contribution < -0.4 is 11.1 Å². The highest BCUT2D eigenvalue weighted by molar-refractivity contribution is 6.33. The zero-order valence-electron chi connectivity index (χ0n) is 10.5. The zero-order chi connectivity index (χ0) is 15.6. The number of carbonyl (C=O) groups excluding carboxylic acids is 1. The standard InChI is InChI=1S/C13H9ClFN3O3/c14-9-6-8(15)2-3-11(9)17-13(19)7-1-4-12(18(20)21)10(16)5-7/h1-6H,16H2,(H,17,19). The second-order valence-corrected chi connectivity index (χ2v) is 4.52. The second kappa shape index (κ2) is 5.76. The molecule has 108 valence electrons. The average Bonchev–Trinajstić information content (AvgIpc) is 2.41. The molecule has 0 fully saturated rings. The van der Waals surface area contributed by atoms with Crippen molar-refractivity contribution in [3.8, 4) is 0 Å². The number of carbonyl (C=O) groups is 1. The largest absolute Gasteiger partial charge is 0.393 e. The van der Waals surface area contributed by atoms with Crippen molar-refractivity contribution in [1.82, 2.24) is 0 Å². The van der Waals surface area contributed by atoms with Crippen LogP contribution in [0.4, 0.5) is 21.5 Å². The van der Waals surface area contributed by atoms with Gasteiger partial charge in [-0.2, -0.15) is 0 Å². The van der Waals surface area contributed by atoms with E-state index in [1.54, 1.807) is 0 Å². The van der Waals surface area contributed by atoms with E-state index in [4.69, 9.17) is 17.3 Å². The Kier molecular flexibility index (Phi) is 4.04. The van der Waals surface area contributed by atoms with Crippen molar-refractivity contribution in [2.24, 2.45) is 0 Å². The van der Waals surface area contributed by atoms with Gasteiger partial charge in [0.2, 0.25) is 0 Å². The number of hydrogen-bond acceptors (Lipinski definition) is 4. The van der Waals surface area contributed by atoms with Crippen molar-refractivity contribution in [2.45, 2.75) is 0 Å². The molecule has 0 spiro atoms. The molecule has 0 atom stereocenters. The number of nitrogens with zero attached hydrogens (tertiary/aromatic N) is 1. The molecule has 2 aromatic rings. The van der Waals surface area contributed by atoms with Gasteiger partial charge in [-0.25, -0.2) is 4.39 Å². The number of anilines is 2. The minimum absolute atomic E-state index is 0.0400. The van der Waals surface area contributed by atoms with Crippen LogP contribution in [-0.2, 0) is 0 Å². The normalized spacial score (nSPS) is 10.2. The number of nitrogens with one attached hydrogen (secondary N) is 1. The van der Waals surface area contributed by atoms with Gasteiger partial charge < -0.3 is 11.1 Å². The molecule has 1 amide bonds. The van der Waals surface area contributed by atoms with Crippen LogP contribution in [0.5, 0.6) is 0 Å². The molecule has 8 heteroatoms. The van der Waals surface area contributed by atoms with Gasteiger partial charge in [0.15, 0.2) is 0 Å². The van der Waals surface area contributed by atoms with Gasteiger partial charge in [0.1, 0.15) is 11.5 Å². The summed E-state index contributed by atoms with van der Waals surface area (Å²) in [7, 11) is 0. The lowest BCUT2D eigenvalue weighted by molar-refractivity contribution is -0.383. The maximum Gasteiger partial charge on any atom is 0.292 e. The van der Waals surface area contributed by atoms with Crippen LogP contribution in [0.25, 0.3) is 0 Å². The Morgan fingerprint density at radius 1 is 1.29 bits per heavy atom. The molecule has 0 saturated carbocycles. The van der Waals surface area contributed by atoms with E-state index in [1.165, 1.54) is 18.2 Å². The number of amides is 1. The molecular weight excluding hydrogens is 301 g/mol. The lowest BCUT2D eigenvalue weighted by Crippen LogP contribution is -2.13. The Labute approximate surface area is 123 Å². The number of benzene rings is 2. The summed E-state index contributed by atoms with van der Waals surface area (Å²) < 4.78 is 12.9. The predicted octanol–water partition coefficient (Wildman–Crippen LogP) is 3.22. The number of nitrogens with two attached hydrogens (primary N) is 1. The summed E-state index contributed by atoms with van der Waals surface area (Å²) >= 11 is 5.79. The van der Waals surface area contributed by atoms with Gasteiger partial charge in [0.25, 0.3) is 11.6 Å². The van der Waals surface area contributed by atoms with Crippen molar-refractivity contribution in [2.75, 3.05) is 11.1 Å². The number of nitro benzene ring substituents is 1. The summed E-state index contributed by atoms with van der Waals surface area (Å²) in [6.45, 7) is 0. The minimum atomic E-state index is -0.645. The maximum absolute atomic E-state index is 12.9. The van der Waals surface area contributed by atoms with E-state index in [0.717, 1.165) is 18.2 Å². The topological polar surface area (TPSA) is 98.3 Å². The van der Waals surface area contributed by atoms with E-state index in [1.807, 2.05) is 0 Å². The van der Waals surface area contributed by atoms with Crippen LogP contribution in [-0.4, -0.2) is 10.8 Å². The molecule has 0 aromatic heterocycles. The Bertz CT molecular complexity index is 737. The molecule has 3 N–H and O–H groups in total. The first kappa shape index (κ1) is 14.7. The fraction of sp³-hybridized carbons (Fsp3) is 0. The highest BCUT2D eigenvalue weighted by atomic mass is 35.5. The van der Waals surface area contributed by atoms with Crippen LogP contribution in [0.15, 0.2) is 36.4 Å². The van der Waals surface area contributed by atoms with Gasteiger partial charge in [0.05, 0.1) is 15.6 Å². The van der Waals surface area contributed by atoms with Gasteiger partial charge in [-0.3, -0.25) is 14.9 Å². The van der Waals surface area contributed by atoms with Crippen molar-refractivity contribution < 1.29 is 14.1 Å². The predicted molar refractivity (Wildman–Crippen MR) is 76.9 cm³/mol. The van der Waals surface area contributed by atoms with E-state index < -0.39 is 16.6 Å². The molecule has 0 radical (unpaired) electrons. The lowest BCUT2D eigenvalue weighted by Gasteiger charge is -2.08. The molecule has 0 aliphatic heterocycles. The number of rotatable bonds is 3. The fourth-order valence-corrected chi connectivity index (χ4v) is 1.86. The summed E-state index contributed by atoms with van der Waals surface area (Å²) in [6.07, 6.45) is 0. The first-order valence-electron chi connectivity index (χ1n) is 5.69. The van der Waals surface area contributed by atoms with Crippen molar-refractivity contribution >= 4 is 34.6 Å². The number of hydrogen-bond donors (Lipinski definition) is 2. The Balaban J connectivity index is 2.24. The summed E-state index contributed by atoms with van der Waals surface area (Å²) in [5.41, 5.74) is 5.44. The molecule has 2 rings (SSSR count). The monoisotopic (exact) mass is 309 g/mol. The zero-order valence-corrected chi connectivity index (χ0v) is 11.2. The second-order valence-electron chi connectivity index (χ2n) is 4.11. The summed E-state index contributed by atoms with van der Waals surface area (Å²) in [5, 5.41) is 13.1. The van der Waals surface area contributed by atoms with Crippen LogP contribution >= 0.6 is 11.6 Å². The highest BCUT2D eigenvalue weighted by Crippen LogP contribution is 2.25. The molecular formula is C13H9ClFN3O3. The smallest absolute Gasteiger partial charge is 0.292 e. The van der Waals surface area contributed by atoms with Gasteiger partial charge >= 0.3 is 0 Å². The molecule has 0 aliphatic rings. The summed E-state index contributed by atoms with van der Waals surface area (Å²) in [5.74, 6) is -1.09. The van der Waals surface area contributed by atoms with Crippen molar-refractivity contribution in [1.29, 1.82) is 0 Å². The molecule has 0 aliphatic carbocycles. The molecule has 2 aromatic carbocycles. The number of nitro groups is 1. The van der Waals surface area contributed by atoms with Crippen LogP contribution in [0.1, 0.15) is 10.4 Å².